The van der Waals surface area contributed by atoms with Gasteiger partial charge in [-0.3, -0.25) is 0 Å². The number of rotatable bonds is 1. The molecule has 1 rings (SSSR count). The second-order valence-electron chi connectivity index (χ2n) is 1.84. The molecule has 0 aliphatic carbocycles. The predicted octanol–water partition coefficient (Wildman–Crippen LogP) is -1.24. The third-order valence-electron chi connectivity index (χ3n) is 1.25. The van der Waals surface area contributed by atoms with Gasteiger partial charge in [-0.2, -0.15) is 0 Å². The van der Waals surface area contributed by atoms with Crippen LogP contribution in [0, 0.1) is 0 Å². The van der Waals surface area contributed by atoms with Crippen LogP contribution < -0.4 is 4.40 Å². The Morgan fingerprint density at radius 2 is 1.75 bits per heavy atom. The van der Waals surface area contributed by atoms with Crippen LogP contribution in [0.4, 0.5) is 0 Å². The molecule has 42 valence electrons. The van der Waals surface area contributed by atoms with E-state index in [1.165, 1.54) is 8.77 Å². The van der Waals surface area contributed by atoms with Gasteiger partial charge in [-0.1, -0.05) is 0 Å². The van der Waals surface area contributed by atoms with Crippen molar-refractivity contribution in [3.05, 3.63) is 30.3 Å². The first-order chi connectivity index (χ1) is 3.93. The van der Waals surface area contributed by atoms with E-state index in [4.69, 9.17) is 0 Å². The predicted molar refractivity (Wildman–Crippen MR) is 44.6 cm³/mol. The summed E-state index contributed by atoms with van der Waals surface area (Å²) in [5.74, 6) is 0. The molecule has 0 aliphatic heterocycles. The van der Waals surface area contributed by atoms with Crippen molar-refractivity contribution in [3.8, 4) is 0 Å². The van der Waals surface area contributed by atoms with Crippen molar-refractivity contribution >= 4 is 27.9 Å². The van der Waals surface area contributed by atoms with Gasteiger partial charge in [0.1, 0.15) is 0 Å². The molecule has 0 aromatic heterocycles. The van der Waals surface area contributed by atoms with Crippen molar-refractivity contribution in [2.24, 2.45) is 0 Å². The first-order valence-corrected chi connectivity index (χ1v) is 14.8. The first kappa shape index (κ1) is 6.11. The summed E-state index contributed by atoms with van der Waals surface area (Å²) in [6, 6.07) is 10.9. The van der Waals surface area contributed by atoms with E-state index < -0.39 is 0 Å². The summed E-state index contributed by atoms with van der Waals surface area (Å²) in [4.78, 5) is 0. The maximum absolute atomic E-state index is 2.26. The van der Waals surface area contributed by atoms with Gasteiger partial charge in [0.05, 0.1) is 0 Å². The van der Waals surface area contributed by atoms with Gasteiger partial charge in [0.25, 0.3) is 0 Å². The van der Waals surface area contributed by atoms with Crippen LogP contribution in [-0.4, -0.2) is 23.5 Å². The topological polar surface area (TPSA) is 0 Å². The molecule has 0 N–H and O–H groups in total. The zero-order valence-electron chi connectivity index (χ0n) is 5.09. The molecule has 0 nitrogen and oxygen atoms in total. The fraction of sp³-hybridized carbons (Fsp3) is 0. The number of benzene rings is 1. The third-order valence-corrected chi connectivity index (χ3v) is 8.20. The molecule has 0 saturated carbocycles. The van der Waals surface area contributed by atoms with Crippen LogP contribution in [0.1, 0.15) is 0 Å². The first-order valence-electron chi connectivity index (χ1n) is 2.97. The van der Waals surface area contributed by atoms with Gasteiger partial charge in [-0.25, -0.2) is 0 Å². The molecule has 0 saturated heterocycles. The summed E-state index contributed by atoms with van der Waals surface area (Å²) in [6.07, 6.45) is 0. The second-order valence-corrected chi connectivity index (χ2v) is 8.71. The molecule has 0 atom stereocenters. The molecule has 1 aromatic rings. The van der Waals surface area contributed by atoms with Crippen molar-refractivity contribution in [1.29, 1.82) is 0 Å². The number of hydrogen-bond donors (Lipinski definition) is 0. The Hall–Kier alpha value is -0.0203. The van der Waals surface area contributed by atoms with E-state index in [2.05, 4.69) is 30.3 Å². The van der Waals surface area contributed by atoms with Crippen molar-refractivity contribution in [2.75, 3.05) is 0 Å². The van der Waals surface area contributed by atoms with Gasteiger partial charge in [0.2, 0.25) is 0 Å². The standard InChI is InChI=1S/C6H10GeSi/c8-7-6-4-2-1-3-5-6/h1-5H,7H2,8H3. The van der Waals surface area contributed by atoms with E-state index in [1.807, 2.05) is 0 Å². The summed E-state index contributed by atoms with van der Waals surface area (Å²) >= 11 is -0.137. The van der Waals surface area contributed by atoms with Crippen molar-refractivity contribution in [1.82, 2.24) is 0 Å². The van der Waals surface area contributed by atoms with Gasteiger partial charge in [-0.15, -0.1) is 0 Å². The van der Waals surface area contributed by atoms with Crippen LogP contribution in [0.3, 0.4) is 0 Å². The zero-order chi connectivity index (χ0) is 5.82. The third kappa shape index (κ3) is 1.49. The minimum absolute atomic E-state index is 0.137. The van der Waals surface area contributed by atoms with E-state index in [0.29, 0.717) is 0 Å². The van der Waals surface area contributed by atoms with Crippen LogP contribution in [-0.2, 0) is 0 Å². The average Bonchev–Trinajstić information content (AvgIpc) is 1.90. The minimum atomic E-state index is -0.137. The Kier molecular flexibility index (Phi) is 2.36. The van der Waals surface area contributed by atoms with Crippen LogP contribution in [0.5, 0.6) is 0 Å². The van der Waals surface area contributed by atoms with E-state index in [1.54, 1.807) is 4.40 Å². The summed E-state index contributed by atoms with van der Waals surface area (Å²) in [6.45, 7) is 0. The molecule has 1 aromatic carbocycles. The van der Waals surface area contributed by atoms with Gasteiger partial charge >= 0.3 is 58.3 Å². The molecule has 0 unspecified atom stereocenters. The molecule has 2 heteroatoms. The molecule has 8 heavy (non-hydrogen) atoms. The molecule has 0 radical (unpaired) electrons. The summed E-state index contributed by atoms with van der Waals surface area (Å²) in [5, 5.41) is 0. The van der Waals surface area contributed by atoms with E-state index in [-0.39, 0.29) is 14.8 Å². The summed E-state index contributed by atoms with van der Waals surface area (Å²) in [5.41, 5.74) is 0. The number of hydrogen-bond acceptors (Lipinski definition) is 0. The second kappa shape index (κ2) is 3.10. The summed E-state index contributed by atoms with van der Waals surface area (Å²) in [7, 11) is 1.46. The van der Waals surface area contributed by atoms with Gasteiger partial charge in [0.15, 0.2) is 0 Å². The van der Waals surface area contributed by atoms with Crippen LogP contribution >= 0.6 is 0 Å². The molecular weight excluding hydrogens is 173 g/mol. The molecule has 0 spiro atoms. The molecule has 0 heterocycles. The SMILES string of the molecule is [SiH3][GeH2][c]1ccccc1. The van der Waals surface area contributed by atoms with E-state index in [9.17, 15) is 0 Å². The normalized spacial score (nSPS) is 11.0. The maximum atomic E-state index is 2.26. The van der Waals surface area contributed by atoms with Crippen molar-refractivity contribution < 1.29 is 0 Å². The Morgan fingerprint density at radius 1 is 1.12 bits per heavy atom. The average molecular weight is 183 g/mol. The Balaban J connectivity index is 2.83. The zero-order valence-corrected chi connectivity index (χ0v) is 10.1. The van der Waals surface area contributed by atoms with Crippen LogP contribution in [0.25, 0.3) is 0 Å². The van der Waals surface area contributed by atoms with E-state index in [0.717, 1.165) is 0 Å². The van der Waals surface area contributed by atoms with Crippen LogP contribution in [0.2, 0.25) is 0 Å². The molecule has 0 fully saturated rings. The Labute approximate surface area is 58.6 Å². The quantitative estimate of drug-likeness (QED) is 0.477. The van der Waals surface area contributed by atoms with Gasteiger partial charge in [-0.05, 0) is 0 Å². The monoisotopic (exact) mass is 184 g/mol. The molecule has 0 bridgehead atoms. The van der Waals surface area contributed by atoms with Crippen molar-refractivity contribution in [2.45, 2.75) is 0 Å². The van der Waals surface area contributed by atoms with Gasteiger partial charge in [0, 0.05) is 0 Å². The van der Waals surface area contributed by atoms with Crippen molar-refractivity contribution in [3.63, 3.8) is 0 Å². The fourth-order valence-corrected chi connectivity index (χ4v) is 4.72. The Bertz CT molecular complexity index is 150. The fourth-order valence-electron chi connectivity index (χ4n) is 0.714. The van der Waals surface area contributed by atoms with E-state index >= 15 is 0 Å². The molecule has 0 aliphatic rings. The Morgan fingerprint density at radius 3 is 2.12 bits per heavy atom. The van der Waals surface area contributed by atoms with Crippen LogP contribution in [0.15, 0.2) is 30.3 Å². The molecule has 0 amide bonds. The molecular formula is C6H10GeSi. The summed E-state index contributed by atoms with van der Waals surface area (Å²) < 4.78 is 1.66. The van der Waals surface area contributed by atoms with Gasteiger partial charge < -0.3 is 0 Å².